The van der Waals surface area contributed by atoms with Gasteiger partial charge in [0.05, 0.1) is 23.8 Å². The number of amides is 2. The van der Waals surface area contributed by atoms with E-state index in [-0.39, 0.29) is 30.6 Å². The standard InChI is InChI=1S/C39H42N6O4/c1-4-35-34(36(42-31-14-16-49-17-15-31)33-21-41-45(5-2)38(33)43-35)23-44(39(48)30-11-7-10-29(20-30)37(40)47)22-26-13-12-25(3)32(19-26)28-9-6-8-27(18-28)24-46/h6-13,18-21,24,31H,4-5,14-17,22-23H2,1-3H3,(H2,40,47)(H,42,43). The van der Waals surface area contributed by atoms with E-state index < -0.39 is 5.91 Å². The molecule has 0 saturated carbocycles. The summed E-state index contributed by atoms with van der Waals surface area (Å²) in [6.45, 7) is 8.75. The number of aryl methyl sites for hydroxylation is 3. The average molecular weight is 659 g/mol. The van der Waals surface area contributed by atoms with Gasteiger partial charge in [0.2, 0.25) is 5.91 Å². The lowest BCUT2D eigenvalue weighted by atomic mass is 9.96. The van der Waals surface area contributed by atoms with Crippen molar-refractivity contribution in [3.05, 3.63) is 112 Å². The van der Waals surface area contributed by atoms with Gasteiger partial charge in [0.25, 0.3) is 5.91 Å². The Morgan fingerprint density at radius 3 is 2.53 bits per heavy atom. The van der Waals surface area contributed by atoms with Crippen LogP contribution in [0.25, 0.3) is 22.2 Å². The van der Waals surface area contributed by atoms with E-state index in [0.29, 0.717) is 37.3 Å². The molecule has 5 aromatic rings. The fraction of sp³-hybridized carbons (Fsp3) is 0.308. The smallest absolute Gasteiger partial charge is 0.254 e. The normalized spacial score (nSPS) is 13.4. The maximum absolute atomic E-state index is 14.5. The lowest BCUT2D eigenvalue weighted by Crippen LogP contribution is -2.33. The summed E-state index contributed by atoms with van der Waals surface area (Å²) in [5.41, 5.74) is 14.3. The van der Waals surface area contributed by atoms with Crippen molar-refractivity contribution in [1.82, 2.24) is 19.7 Å². The largest absolute Gasteiger partial charge is 0.381 e. The van der Waals surface area contributed by atoms with Gasteiger partial charge >= 0.3 is 0 Å². The van der Waals surface area contributed by atoms with Crippen LogP contribution in [0, 0.1) is 6.92 Å². The van der Waals surface area contributed by atoms with Crippen LogP contribution >= 0.6 is 0 Å². The van der Waals surface area contributed by atoms with E-state index in [1.54, 1.807) is 35.2 Å². The van der Waals surface area contributed by atoms with Crippen molar-refractivity contribution in [3.63, 3.8) is 0 Å². The zero-order valence-corrected chi connectivity index (χ0v) is 28.2. The zero-order valence-electron chi connectivity index (χ0n) is 28.2. The summed E-state index contributed by atoms with van der Waals surface area (Å²) in [6.07, 6.45) is 5.09. The van der Waals surface area contributed by atoms with E-state index in [4.69, 9.17) is 15.5 Å². The Balaban J connectivity index is 1.46. The molecule has 49 heavy (non-hydrogen) atoms. The molecule has 10 heteroatoms. The molecule has 252 valence electrons. The summed E-state index contributed by atoms with van der Waals surface area (Å²) in [7, 11) is 0. The van der Waals surface area contributed by atoms with Gasteiger partial charge in [-0.1, -0.05) is 43.3 Å². The zero-order chi connectivity index (χ0) is 34.5. The number of rotatable bonds is 12. The summed E-state index contributed by atoms with van der Waals surface area (Å²) in [5, 5.41) is 9.38. The van der Waals surface area contributed by atoms with E-state index in [9.17, 15) is 14.4 Å². The highest BCUT2D eigenvalue weighted by molar-refractivity contribution is 5.99. The number of anilines is 1. The number of carbonyl (C=O) groups excluding carboxylic acids is 3. The van der Waals surface area contributed by atoms with Crippen LogP contribution in [0.5, 0.6) is 0 Å². The number of nitrogens with zero attached hydrogens (tertiary/aromatic N) is 4. The molecule has 0 radical (unpaired) electrons. The highest BCUT2D eigenvalue weighted by atomic mass is 16.5. The molecule has 0 bridgehead atoms. The van der Waals surface area contributed by atoms with Crippen LogP contribution in [0.15, 0.2) is 72.9 Å². The van der Waals surface area contributed by atoms with E-state index in [1.165, 1.54) is 0 Å². The molecule has 3 aromatic carbocycles. The molecular weight excluding hydrogens is 616 g/mol. The number of hydrogen-bond acceptors (Lipinski definition) is 7. The number of primary amides is 1. The van der Waals surface area contributed by atoms with Gasteiger partial charge < -0.3 is 20.7 Å². The number of ether oxygens (including phenoxy) is 1. The van der Waals surface area contributed by atoms with Crippen molar-refractivity contribution in [2.75, 3.05) is 18.5 Å². The molecule has 0 atom stereocenters. The van der Waals surface area contributed by atoms with Crippen LogP contribution in [0.4, 0.5) is 5.69 Å². The Labute approximate surface area is 286 Å². The van der Waals surface area contributed by atoms with Crippen molar-refractivity contribution >= 4 is 34.8 Å². The number of nitrogens with two attached hydrogens (primary N) is 1. The average Bonchev–Trinajstić information content (AvgIpc) is 3.55. The number of fused-ring (bicyclic) bond motifs is 1. The van der Waals surface area contributed by atoms with Crippen LogP contribution in [-0.2, 0) is 30.8 Å². The summed E-state index contributed by atoms with van der Waals surface area (Å²) in [5.74, 6) is -0.836. The Bertz CT molecular complexity index is 2010. The van der Waals surface area contributed by atoms with Gasteiger partial charge in [-0.15, -0.1) is 0 Å². The van der Waals surface area contributed by atoms with Gasteiger partial charge in [0.1, 0.15) is 6.29 Å². The Hall–Kier alpha value is -5.35. The summed E-state index contributed by atoms with van der Waals surface area (Å²) in [4.78, 5) is 45.0. The third kappa shape index (κ3) is 7.24. The second-order valence-corrected chi connectivity index (χ2v) is 12.5. The van der Waals surface area contributed by atoms with Crippen LogP contribution in [-0.4, -0.2) is 57.0 Å². The Morgan fingerprint density at radius 2 is 1.80 bits per heavy atom. The summed E-state index contributed by atoms with van der Waals surface area (Å²) >= 11 is 0. The number of hydrogen-bond donors (Lipinski definition) is 2. The topological polar surface area (TPSA) is 132 Å². The molecule has 2 aromatic heterocycles. The Kier molecular flexibility index (Phi) is 10.1. The van der Waals surface area contributed by atoms with Crippen molar-refractivity contribution in [3.8, 4) is 11.1 Å². The molecule has 3 N–H and O–H groups in total. The molecule has 3 heterocycles. The number of carbonyl (C=O) groups is 3. The van der Waals surface area contributed by atoms with E-state index in [0.717, 1.165) is 69.4 Å². The third-order valence-electron chi connectivity index (χ3n) is 9.22. The molecule has 1 fully saturated rings. The lowest BCUT2D eigenvalue weighted by Gasteiger charge is -2.29. The maximum Gasteiger partial charge on any atom is 0.254 e. The number of benzene rings is 3. The summed E-state index contributed by atoms with van der Waals surface area (Å²) in [6, 6.07) is 20.4. The molecule has 1 aliphatic heterocycles. The van der Waals surface area contributed by atoms with Crippen molar-refractivity contribution in [2.24, 2.45) is 5.73 Å². The van der Waals surface area contributed by atoms with E-state index in [1.807, 2.05) is 55.1 Å². The van der Waals surface area contributed by atoms with E-state index >= 15 is 0 Å². The third-order valence-corrected chi connectivity index (χ3v) is 9.22. The highest BCUT2D eigenvalue weighted by Gasteiger charge is 2.26. The first kappa shape index (κ1) is 33.5. The fourth-order valence-corrected chi connectivity index (χ4v) is 6.54. The van der Waals surface area contributed by atoms with Gasteiger partial charge in [-0.25, -0.2) is 9.67 Å². The van der Waals surface area contributed by atoms with Gasteiger partial charge in [0.15, 0.2) is 5.65 Å². The van der Waals surface area contributed by atoms with Crippen LogP contribution in [0.1, 0.15) is 80.1 Å². The molecule has 0 spiro atoms. The molecule has 2 amide bonds. The molecule has 1 aliphatic rings. The van der Waals surface area contributed by atoms with Gasteiger partial charge in [-0.3, -0.25) is 14.4 Å². The number of pyridine rings is 1. The second-order valence-electron chi connectivity index (χ2n) is 12.5. The van der Waals surface area contributed by atoms with Gasteiger partial charge in [-0.05, 0) is 85.7 Å². The SMILES string of the molecule is CCc1nc2c(cnn2CC)c(NC2CCOCC2)c1CN(Cc1ccc(C)c(-c2cccc(C=O)c2)c1)C(=O)c1cccc(C(N)=O)c1. The minimum Gasteiger partial charge on any atom is -0.381 e. The lowest BCUT2D eigenvalue weighted by molar-refractivity contribution is 0.0729. The van der Waals surface area contributed by atoms with Gasteiger partial charge in [0, 0.05) is 60.3 Å². The van der Waals surface area contributed by atoms with Crippen molar-refractivity contribution in [2.45, 2.75) is 65.7 Å². The second kappa shape index (κ2) is 14.8. The molecule has 0 unspecified atom stereocenters. The summed E-state index contributed by atoms with van der Waals surface area (Å²) < 4.78 is 7.55. The predicted molar refractivity (Wildman–Crippen MR) is 191 cm³/mol. The quantitative estimate of drug-likeness (QED) is 0.150. The van der Waals surface area contributed by atoms with Crippen LogP contribution < -0.4 is 11.1 Å². The maximum atomic E-state index is 14.5. The first-order valence-electron chi connectivity index (χ1n) is 16.8. The van der Waals surface area contributed by atoms with Crippen LogP contribution in [0.2, 0.25) is 0 Å². The molecule has 6 rings (SSSR count). The monoisotopic (exact) mass is 658 g/mol. The first-order valence-corrected chi connectivity index (χ1v) is 16.8. The van der Waals surface area contributed by atoms with E-state index in [2.05, 4.69) is 23.4 Å². The van der Waals surface area contributed by atoms with Crippen LogP contribution in [0.3, 0.4) is 0 Å². The number of nitrogens with one attached hydrogen (secondary N) is 1. The molecule has 1 saturated heterocycles. The molecular formula is C39H42N6O4. The molecule has 10 nitrogen and oxygen atoms in total. The number of aromatic nitrogens is 3. The highest BCUT2D eigenvalue weighted by Crippen LogP contribution is 2.33. The number of aldehydes is 1. The first-order chi connectivity index (χ1) is 23.8. The van der Waals surface area contributed by atoms with Crippen molar-refractivity contribution < 1.29 is 19.1 Å². The fourth-order valence-electron chi connectivity index (χ4n) is 6.54. The Morgan fingerprint density at radius 1 is 1.02 bits per heavy atom. The predicted octanol–water partition coefficient (Wildman–Crippen LogP) is 6.33. The minimum atomic E-state index is -0.597. The van der Waals surface area contributed by atoms with Gasteiger partial charge in [-0.2, -0.15) is 5.10 Å². The minimum absolute atomic E-state index is 0.200. The molecule has 0 aliphatic carbocycles. The van der Waals surface area contributed by atoms with Crippen molar-refractivity contribution in [1.29, 1.82) is 0 Å².